The molecule has 0 saturated heterocycles. The fourth-order valence-electron chi connectivity index (χ4n) is 1.64. The number of anilines is 1. The lowest BCUT2D eigenvalue weighted by Crippen LogP contribution is -2.30. The van der Waals surface area contributed by atoms with E-state index in [-0.39, 0.29) is 41.6 Å². The summed E-state index contributed by atoms with van der Waals surface area (Å²) in [5.74, 6) is -4.00. The largest absolute Gasteiger partial charge is 0.478 e. The molecule has 2 rings (SSSR count). The van der Waals surface area contributed by atoms with Crippen molar-refractivity contribution >= 4 is 54.3 Å². The Hall–Kier alpha value is -2.38. The number of carboxylic acid groups (broad SMARTS) is 2. The van der Waals surface area contributed by atoms with Gasteiger partial charge in [0.25, 0.3) is 11.8 Å². The van der Waals surface area contributed by atoms with Crippen molar-refractivity contribution in [1.29, 1.82) is 0 Å². The summed E-state index contributed by atoms with van der Waals surface area (Å²) in [5, 5.41) is 17.8. The fourth-order valence-corrected chi connectivity index (χ4v) is 1.64. The number of carbonyl (C=O) groups excluding carboxylic acids is 2. The second kappa shape index (κ2) is 6.87. The molecule has 0 saturated carbocycles. The summed E-state index contributed by atoms with van der Waals surface area (Å²) in [7, 11) is 0. The number of carbonyl (C=O) groups is 4. The molecule has 2 amide bonds. The zero-order chi connectivity index (χ0) is 14.2. The smallest absolute Gasteiger partial charge is 0.335 e. The van der Waals surface area contributed by atoms with Crippen LogP contribution < -0.4 is 4.90 Å². The van der Waals surface area contributed by atoms with Crippen molar-refractivity contribution < 1.29 is 29.4 Å². The number of hydrogen-bond acceptors (Lipinski definition) is 4. The Bertz CT molecular complexity index is 605. The molecule has 1 heterocycles. The highest BCUT2D eigenvalue weighted by Gasteiger charge is 2.26. The van der Waals surface area contributed by atoms with Gasteiger partial charge >= 0.3 is 11.9 Å². The van der Waals surface area contributed by atoms with E-state index in [1.807, 2.05) is 0 Å². The molecule has 0 bridgehead atoms. The van der Waals surface area contributed by atoms with Crippen LogP contribution in [0.5, 0.6) is 0 Å². The van der Waals surface area contributed by atoms with Crippen LogP contribution in [-0.4, -0.2) is 34.0 Å². The first-order chi connectivity index (χ1) is 8.90. The van der Waals surface area contributed by atoms with Crippen molar-refractivity contribution in [3.63, 3.8) is 0 Å². The van der Waals surface area contributed by atoms with Crippen LogP contribution in [0.4, 0.5) is 5.69 Å². The molecular formula is C12H9Cl2NO6. The number of rotatable bonds is 3. The Labute approximate surface area is 130 Å². The third-order valence-electron chi connectivity index (χ3n) is 2.48. The van der Waals surface area contributed by atoms with Gasteiger partial charge in [-0.1, -0.05) is 0 Å². The van der Waals surface area contributed by atoms with Crippen LogP contribution in [0.25, 0.3) is 0 Å². The Morgan fingerprint density at radius 3 is 1.52 bits per heavy atom. The average molecular weight is 334 g/mol. The van der Waals surface area contributed by atoms with E-state index in [0.29, 0.717) is 4.90 Å². The van der Waals surface area contributed by atoms with E-state index >= 15 is 0 Å². The van der Waals surface area contributed by atoms with Gasteiger partial charge in [-0.25, -0.2) is 14.5 Å². The van der Waals surface area contributed by atoms with Crippen molar-refractivity contribution in [3.05, 3.63) is 41.5 Å². The highest BCUT2D eigenvalue weighted by Crippen LogP contribution is 2.23. The third-order valence-corrected chi connectivity index (χ3v) is 2.48. The van der Waals surface area contributed by atoms with E-state index in [1.165, 1.54) is 0 Å². The predicted octanol–water partition coefficient (Wildman–Crippen LogP) is 1.36. The van der Waals surface area contributed by atoms with E-state index < -0.39 is 23.8 Å². The molecule has 1 aromatic carbocycles. The fraction of sp³-hybridized carbons (Fsp3) is 0. The molecule has 1 aliphatic rings. The second-order valence-corrected chi connectivity index (χ2v) is 3.72. The quantitative estimate of drug-likeness (QED) is 0.807. The van der Waals surface area contributed by atoms with Gasteiger partial charge in [-0.05, 0) is 18.2 Å². The molecule has 0 radical (unpaired) electrons. The second-order valence-electron chi connectivity index (χ2n) is 3.72. The van der Waals surface area contributed by atoms with Crippen LogP contribution in [0, 0.1) is 0 Å². The van der Waals surface area contributed by atoms with Gasteiger partial charge in [0.1, 0.15) is 0 Å². The molecular weight excluding hydrogens is 325 g/mol. The Kier molecular flexibility index (Phi) is 6.09. The highest BCUT2D eigenvalue weighted by atomic mass is 35.5. The minimum absolute atomic E-state index is 0. The molecule has 9 heteroatoms. The normalized spacial score (nSPS) is 12.7. The molecule has 0 fully saturated rings. The Balaban J connectivity index is 0.00000200. The molecule has 2 N–H and O–H groups in total. The van der Waals surface area contributed by atoms with Crippen LogP contribution in [0.3, 0.4) is 0 Å². The summed E-state index contributed by atoms with van der Waals surface area (Å²) < 4.78 is 0. The van der Waals surface area contributed by atoms with Gasteiger partial charge in [0.15, 0.2) is 0 Å². The van der Waals surface area contributed by atoms with E-state index in [0.717, 1.165) is 30.4 Å². The standard InChI is InChI=1S/C12H7NO6.2ClH/c14-9-1-2-10(15)13(9)8-4-6(11(16)17)3-7(5-8)12(18)19;;/h1-5H,(H,16,17)(H,18,19);2*1H. The van der Waals surface area contributed by atoms with Gasteiger partial charge in [0.05, 0.1) is 16.8 Å². The Morgan fingerprint density at radius 1 is 0.810 bits per heavy atom. The van der Waals surface area contributed by atoms with Gasteiger partial charge < -0.3 is 10.2 Å². The van der Waals surface area contributed by atoms with Crippen molar-refractivity contribution in [2.24, 2.45) is 0 Å². The summed E-state index contributed by atoms with van der Waals surface area (Å²) in [6.45, 7) is 0. The number of halogens is 2. The van der Waals surface area contributed by atoms with Crippen LogP contribution in [0.1, 0.15) is 20.7 Å². The Morgan fingerprint density at radius 2 is 1.19 bits per heavy atom. The van der Waals surface area contributed by atoms with E-state index in [4.69, 9.17) is 10.2 Å². The minimum atomic E-state index is -1.35. The number of aromatic carboxylic acids is 2. The number of nitrogens with zero attached hydrogens (tertiary/aromatic N) is 1. The van der Waals surface area contributed by atoms with Crippen LogP contribution in [0.15, 0.2) is 30.4 Å². The number of imide groups is 1. The lowest BCUT2D eigenvalue weighted by atomic mass is 10.1. The van der Waals surface area contributed by atoms with Crippen molar-refractivity contribution in [2.75, 3.05) is 4.90 Å². The summed E-state index contributed by atoms with van der Waals surface area (Å²) in [6, 6.07) is 3.09. The lowest BCUT2D eigenvalue weighted by Gasteiger charge is -2.15. The van der Waals surface area contributed by atoms with Crippen molar-refractivity contribution in [1.82, 2.24) is 0 Å². The molecule has 0 atom stereocenters. The van der Waals surface area contributed by atoms with E-state index in [2.05, 4.69) is 0 Å². The van der Waals surface area contributed by atoms with Crippen molar-refractivity contribution in [2.45, 2.75) is 0 Å². The molecule has 1 aliphatic heterocycles. The monoisotopic (exact) mass is 333 g/mol. The molecule has 7 nitrogen and oxygen atoms in total. The summed E-state index contributed by atoms with van der Waals surface area (Å²) in [5.41, 5.74) is -0.720. The molecule has 0 spiro atoms. The summed E-state index contributed by atoms with van der Waals surface area (Å²) in [6.07, 6.45) is 2.05. The van der Waals surface area contributed by atoms with Gasteiger partial charge in [-0.2, -0.15) is 0 Å². The zero-order valence-corrected chi connectivity index (χ0v) is 11.8. The number of hydrogen-bond donors (Lipinski definition) is 2. The number of carboxylic acids is 2. The molecule has 0 unspecified atom stereocenters. The molecule has 21 heavy (non-hydrogen) atoms. The lowest BCUT2D eigenvalue weighted by molar-refractivity contribution is -0.120. The maximum atomic E-state index is 11.5. The van der Waals surface area contributed by atoms with Crippen LogP contribution in [0.2, 0.25) is 0 Å². The highest BCUT2D eigenvalue weighted by molar-refractivity contribution is 6.28. The van der Waals surface area contributed by atoms with E-state index in [9.17, 15) is 19.2 Å². The first-order valence-electron chi connectivity index (χ1n) is 5.08. The third kappa shape index (κ3) is 3.59. The zero-order valence-electron chi connectivity index (χ0n) is 10.2. The number of amides is 2. The van der Waals surface area contributed by atoms with E-state index in [1.54, 1.807) is 0 Å². The molecule has 0 aliphatic carbocycles. The molecule has 0 aromatic heterocycles. The minimum Gasteiger partial charge on any atom is -0.478 e. The van der Waals surface area contributed by atoms with Gasteiger partial charge in [0, 0.05) is 12.2 Å². The average Bonchev–Trinajstić information content (AvgIpc) is 2.68. The van der Waals surface area contributed by atoms with Gasteiger partial charge in [0.2, 0.25) is 0 Å². The van der Waals surface area contributed by atoms with Crippen LogP contribution in [-0.2, 0) is 9.59 Å². The predicted molar refractivity (Wildman–Crippen MR) is 76.5 cm³/mol. The van der Waals surface area contributed by atoms with Crippen LogP contribution >= 0.6 is 24.8 Å². The topological polar surface area (TPSA) is 112 Å². The first kappa shape index (κ1) is 18.6. The SMILES string of the molecule is Cl.Cl.O=C(O)c1cc(C(=O)O)cc(N2C(=O)C=CC2=O)c1. The maximum absolute atomic E-state index is 11.5. The first-order valence-corrected chi connectivity index (χ1v) is 5.08. The van der Waals surface area contributed by atoms with Crippen molar-refractivity contribution in [3.8, 4) is 0 Å². The maximum Gasteiger partial charge on any atom is 0.335 e. The number of benzene rings is 1. The van der Waals surface area contributed by atoms with Gasteiger partial charge in [-0.3, -0.25) is 9.59 Å². The molecule has 112 valence electrons. The van der Waals surface area contributed by atoms with Gasteiger partial charge in [-0.15, -0.1) is 24.8 Å². The summed E-state index contributed by atoms with van der Waals surface area (Å²) in [4.78, 5) is 45.5. The summed E-state index contributed by atoms with van der Waals surface area (Å²) >= 11 is 0. The molecule has 1 aromatic rings.